The van der Waals surface area contributed by atoms with Gasteiger partial charge in [-0.2, -0.15) is 0 Å². The van der Waals surface area contributed by atoms with Gasteiger partial charge in [0.2, 0.25) is 0 Å². The fourth-order valence-electron chi connectivity index (χ4n) is 2.47. The van der Waals surface area contributed by atoms with E-state index >= 15 is 0 Å². The van der Waals surface area contributed by atoms with E-state index < -0.39 is 23.8 Å². The van der Waals surface area contributed by atoms with Crippen molar-refractivity contribution >= 4 is 11.8 Å². The van der Waals surface area contributed by atoms with Crippen molar-refractivity contribution in [3.05, 3.63) is 12.2 Å². The molecule has 0 unspecified atom stereocenters. The van der Waals surface area contributed by atoms with E-state index in [9.17, 15) is 14.7 Å². The number of carbonyl (C=O) groups excluding carboxylic acids is 1. The number of unbranched alkanes of at least 4 members (excludes halogenated alkanes) is 2. The number of ketones is 1. The van der Waals surface area contributed by atoms with Gasteiger partial charge in [-0.05, 0) is 18.6 Å². The van der Waals surface area contributed by atoms with Crippen molar-refractivity contribution in [1.82, 2.24) is 0 Å². The Bertz CT molecular complexity index is 392. The van der Waals surface area contributed by atoms with Crippen LogP contribution in [0.3, 0.4) is 0 Å². The number of aliphatic hydroxyl groups is 1. The van der Waals surface area contributed by atoms with Crippen molar-refractivity contribution in [3.8, 4) is 0 Å². The molecule has 6 nitrogen and oxygen atoms in total. The summed E-state index contributed by atoms with van der Waals surface area (Å²) in [6.07, 6.45) is 4.88. The summed E-state index contributed by atoms with van der Waals surface area (Å²) in [5.41, 5.74) is 0. The van der Waals surface area contributed by atoms with Crippen LogP contribution in [-0.2, 0) is 19.1 Å². The molecule has 1 fully saturated rings. The molecule has 0 aromatic carbocycles. The fraction of sp³-hybridized carbons (Fsp3) is 0.733. The summed E-state index contributed by atoms with van der Waals surface area (Å²) >= 11 is 0. The van der Waals surface area contributed by atoms with Gasteiger partial charge in [0.05, 0.1) is 25.0 Å². The summed E-state index contributed by atoms with van der Waals surface area (Å²) in [6, 6.07) is 0. The van der Waals surface area contributed by atoms with Gasteiger partial charge in [0, 0.05) is 13.5 Å². The van der Waals surface area contributed by atoms with Crippen molar-refractivity contribution in [2.24, 2.45) is 5.92 Å². The largest absolute Gasteiger partial charge is 0.481 e. The number of carboxylic acid groups (broad SMARTS) is 1. The molecule has 0 aromatic rings. The predicted octanol–water partition coefficient (Wildman–Crippen LogP) is 1.52. The molecule has 1 rings (SSSR count). The van der Waals surface area contributed by atoms with Gasteiger partial charge in [-0.15, -0.1) is 0 Å². The minimum atomic E-state index is -1.35. The van der Waals surface area contributed by atoms with E-state index in [1.807, 2.05) is 0 Å². The van der Waals surface area contributed by atoms with E-state index in [0.717, 1.165) is 19.3 Å². The van der Waals surface area contributed by atoms with Gasteiger partial charge < -0.3 is 19.7 Å². The Kier molecular flexibility index (Phi) is 7.01. The second kappa shape index (κ2) is 8.26. The molecule has 6 heteroatoms. The topological polar surface area (TPSA) is 93.1 Å². The lowest BCUT2D eigenvalue weighted by molar-refractivity contribution is -0.184. The van der Waals surface area contributed by atoms with Crippen LogP contribution >= 0.6 is 0 Å². The molecule has 2 N–H and O–H groups in total. The first-order valence-electron chi connectivity index (χ1n) is 7.26. The molecule has 0 bridgehead atoms. The molecule has 1 aliphatic heterocycles. The first kappa shape index (κ1) is 17.8. The first-order valence-corrected chi connectivity index (χ1v) is 7.26. The Hall–Kier alpha value is -1.24. The zero-order chi connectivity index (χ0) is 15.9. The quantitative estimate of drug-likeness (QED) is 0.495. The lowest BCUT2D eigenvalue weighted by Crippen LogP contribution is -2.39. The molecule has 0 amide bonds. The Morgan fingerprint density at radius 3 is 2.71 bits per heavy atom. The summed E-state index contributed by atoms with van der Waals surface area (Å²) in [7, 11) is 1.37. The highest BCUT2D eigenvalue weighted by atomic mass is 16.7. The van der Waals surface area contributed by atoms with Crippen LogP contribution in [0.1, 0.15) is 39.0 Å². The summed E-state index contributed by atoms with van der Waals surface area (Å²) in [4.78, 5) is 22.7. The second-order valence-corrected chi connectivity index (χ2v) is 5.26. The summed E-state index contributed by atoms with van der Waals surface area (Å²) in [5, 5.41) is 18.8. The highest BCUT2D eigenvalue weighted by molar-refractivity contribution is 5.89. The normalized spacial score (nSPS) is 29.1. The predicted molar refractivity (Wildman–Crippen MR) is 75.7 cm³/mol. The van der Waals surface area contributed by atoms with Crippen molar-refractivity contribution in [2.75, 3.05) is 13.7 Å². The monoisotopic (exact) mass is 300 g/mol. The van der Waals surface area contributed by atoms with Gasteiger partial charge >= 0.3 is 5.97 Å². The molecule has 0 aromatic heterocycles. The second-order valence-electron chi connectivity index (χ2n) is 5.26. The third kappa shape index (κ3) is 4.91. The number of aliphatic carboxylic acids is 1. The fourth-order valence-corrected chi connectivity index (χ4v) is 2.47. The number of hydrogen-bond acceptors (Lipinski definition) is 5. The van der Waals surface area contributed by atoms with E-state index in [-0.39, 0.29) is 18.8 Å². The van der Waals surface area contributed by atoms with Gasteiger partial charge in [-0.3, -0.25) is 9.59 Å². The minimum Gasteiger partial charge on any atom is -0.481 e. The Balaban J connectivity index is 2.74. The zero-order valence-electron chi connectivity index (χ0n) is 12.6. The number of carbonyl (C=O) groups is 2. The lowest BCUT2D eigenvalue weighted by atomic mass is 9.91. The van der Waals surface area contributed by atoms with Crippen LogP contribution in [0.15, 0.2) is 12.2 Å². The smallest absolute Gasteiger partial charge is 0.303 e. The van der Waals surface area contributed by atoms with E-state index in [2.05, 4.69) is 6.92 Å². The lowest BCUT2D eigenvalue weighted by Gasteiger charge is -2.29. The number of methoxy groups -OCH3 is 1. The number of rotatable bonds is 9. The molecule has 1 heterocycles. The van der Waals surface area contributed by atoms with Gasteiger partial charge in [0.25, 0.3) is 0 Å². The molecular weight excluding hydrogens is 276 g/mol. The molecular formula is C15H24O6. The van der Waals surface area contributed by atoms with Crippen LogP contribution in [-0.4, -0.2) is 47.6 Å². The molecule has 0 aliphatic carbocycles. The van der Waals surface area contributed by atoms with Crippen LogP contribution in [0.25, 0.3) is 0 Å². The van der Waals surface area contributed by atoms with Crippen LogP contribution in [0.5, 0.6) is 0 Å². The van der Waals surface area contributed by atoms with Crippen molar-refractivity contribution in [1.29, 1.82) is 0 Å². The maximum Gasteiger partial charge on any atom is 0.303 e. The highest BCUT2D eigenvalue weighted by Crippen LogP contribution is 2.37. The molecule has 0 spiro atoms. The maximum atomic E-state index is 11.8. The van der Waals surface area contributed by atoms with E-state index in [1.54, 1.807) is 0 Å². The van der Waals surface area contributed by atoms with Crippen LogP contribution in [0.4, 0.5) is 0 Å². The van der Waals surface area contributed by atoms with Crippen molar-refractivity contribution in [2.45, 2.75) is 50.9 Å². The summed E-state index contributed by atoms with van der Waals surface area (Å²) in [5.74, 6) is -3.19. The van der Waals surface area contributed by atoms with Gasteiger partial charge in [0.1, 0.15) is 0 Å². The van der Waals surface area contributed by atoms with E-state index in [4.69, 9.17) is 14.6 Å². The Morgan fingerprint density at radius 2 is 2.14 bits per heavy atom. The number of allylic oxidation sites excluding steroid dienone is 1. The first-order chi connectivity index (χ1) is 9.95. The Morgan fingerprint density at radius 1 is 1.43 bits per heavy atom. The molecule has 120 valence electrons. The average molecular weight is 300 g/mol. The molecule has 1 aliphatic rings. The summed E-state index contributed by atoms with van der Waals surface area (Å²) in [6.45, 7) is 2.05. The average Bonchev–Trinajstić information content (AvgIpc) is 2.74. The van der Waals surface area contributed by atoms with E-state index in [1.165, 1.54) is 19.3 Å². The van der Waals surface area contributed by atoms with Crippen molar-refractivity contribution < 1.29 is 29.3 Å². The third-order valence-corrected chi connectivity index (χ3v) is 3.70. The van der Waals surface area contributed by atoms with Gasteiger partial charge in [0.15, 0.2) is 11.6 Å². The molecule has 0 radical (unpaired) electrons. The number of aliphatic hydroxyl groups excluding tert-OH is 1. The number of ether oxygens (including phenoxy) is 2. The molecule has 21 heavy (non-hydrogen) atoms. The molecule has 0 saturated carbocycles. The third-order valence-electron chi connectivity index (χ3n) is 3.70. The van der Waals surface area contributed by atoms with Gasteiger partial charge in [-0.25, -0.2) is 0 Å². The van der Waals surface area contributed by atoms with Crippen LogP contribution in [0, 0.1) is 5.92 Å². The van der Waals surface area contributed by atoms with Crippen molar-refractivity contribution in [3.63, 3.8) is 0 Å². The van der Waals surface area contributed by atoms with Gasteiger partial charge in [-0.1, -0.05) is 19.8 Å². The molecule has 3 atom stereocenters. The Labute approximate surface area is 124 Å². The summed E-state index contributed by atoms with van der Waals surface area (Å²) < 4.78 is 10.7. The van der Waals surface area contributed by atoms with E-state index in [0.29, 0.717) is 6.42 Å². The number of hydrogen-bond donors (Lipinski definition) is 2. The SMILES string of the molecule is CCCCCC(=O)C=C[C@@]1(OC)OC[C@@H](O)[C@H]1CC(=O)O. The number of carboxylic acids is 1. The van der Waals surface area contributed by atoms with Crippen LogP contribution < -0.4 is 0 Å². The van der Waals surface area contributed by atoms with Crippen LogP contribution in [0.2, 0.25) is 0 Å². The standard InChI is InChI=1S/C15H24O6/c1-3-4-5-6-11(16)7-8-15(20-2)12(9-14(18)19)13(17)10-21-15/h7-8,12-13,17H,3-6,9-10H2,1-2H3,(H,18,19)/t12-,13-,15-/m1/s1. The maximum absolute atomic E-state index is 11.8. The minimum absolute atomic E-state index is 0.0137. The highest BCUT2D eigenvalue weighted by Gasteiger charge is 2.49. The zero-order valence-corrected chi connectivity index (χ0v) is 12.6. The molecule has 1 saturated heterocycles.